The van der Waals surface area contributed by atoms with Crippen molar-refractivity contribution in [2.24, 2.45) is 5.73 Å². The van der Waals surface area contributed by atoms with Crippen molar-refractivity contribution < 1.29 is 9.18 Å². The van der Waals surface area contributed by atoms with Crippen molar-refractivity contribution in [1.82, 2.24) is 9.80 Å². The monoisotopic (exact) mass is 294 g/mol. The molecule has 1 saturated heterocycles. The van der Waals surface area contributed by atoms with E-state index in [0.717, 1.165) is 25.2 Å². The Bertz CT molecular complexity index is 508. The summed E-state index contributed by atoms with van der Waals surface area (Å²) in [6.45, 7) is 5.25. The standard InChI is InChI=1S/C15H23FN4O/c1-11-3-4-12(16)7-14(11)18-15(21)10-20-6-5-19(2)9-13(20)8-17/h3-4,7,13H,5-6,8-10,17H2,1-2H3,(H,18,21). The Labute approximate surface area is 124 Å². The molecule has 1 fully saturated rings. The first-order valence-corrected chi connectivity index (χ1v) is 7.18. The average molecular weight is 294 g/mol. The summed E-state index contributed by atoms with van der Waals surface area (Å²) in [5.74, 6) is -0.484. The summed E-state index contributed by atoms with van der Waals surface area (Å²) in [4.78, 5) is 16.5. The molecule has 1 aliphatic heterocycles. The highest BCUT2D eigenvalue weighted by atomic mass is 19.1. The number of halogens is 1. The molecule has 3 N–H and O–H groups in total. The van der Waals surface area contributed by atoms with Gasteiger partial charge in [-0.15, -0.1) is 0 Å². The van der Waals surface area contributed by atoms with Gasteiger partial charge in [-0.25, -0.2) is 4.39 Å². The maximum absolute atomic E-state index is 13.2. The molecule has 1 aliphatic rings. The maximum Gasteiger partial charge on any atom is 0.238 e. The number of amides is 1. The van der Waals surface area contributed by atoms with Gasteiger partial charge in [0.15, 0.2) is 0 Å². The number of hydrogen-bond donors (Lipinski definition) is 2. The van der Waals surface area contributed by atoms with Crippen LogP contribution in [0.2, 0.25) is 0 Å². The van der Waals surface area contributed by atoms with Gasteiger partial charge in [0.1, 0.15) is 5.82 Å². The zero-order valence-electron chi connectivity index (χ0n) is 12.6. The number of carbonyl (C=O) groups excluding carboxylic acids is 1. The fourth-order valence-electron chi connectivity index (χ4n) is 2.58. The number of nitrogens with two attached hydrogens (primary N) is 1. The highest BCUT2D eigenvalue weighted by Gasteiger charge is 2.25. The molecule has 6 heteroatoms. The minimum Gasteiger partial charge on any atom is -0.329 e. The summed E-state index contributed by atoms with van der Waals surface area (Å²) in [6.07, 6.45) is 0. The second kappa shape index (κ2) is 6.98. The Morgan fingerprint density at radius 3 is 2.95 bits per heavy atom. The molecule has 1 atom stereocenters. The van der Waals surface area contributed by atoms with Crippen molar-refractivity contribution in [1.29, 1.82) is 0 Å². The number of aryl methyl sites for hydroxylation is 1. The second-order valence-corrected chi connectivity index (χ2v) is 5.63. The third-order valence-corrected chi connectivity index (χ3v) is 3.90. The van der Waals surface area contributed by atoms with Gasteiger partial charge in [0, 0.05) is 37.9 Å². The molecule has 0 aromatic heterocycles. The summed E-state index contributed by atoms with van der Waals surface area (Å²) in [6, 6.07) is 4.57. The number of nitrogens with one attached hydrogen (secondary N) is 1. The Balaban J connectivity index is 1.96. The summed E-state index contributed by atoms with van der Waals surface area (Å²) in [5.41, 5.74) is 7.15. The molecule has 5 nitrogen and oxygen atoms in total. The van der Waals surface area contributed by atoms with E-state index in [1.807, 2.05) is 6.92 Å². The first-order valence-electron chi connectivity index (χ1n) is 7.18. The molecule has 1 unspecified atom stereocenters. The van der Waals surface area contributed by atoms with Crippen LogP contribution >= 0.6 is 0 Å². The number of benzene rings is 1. The summed E-state index contributed by atoms with van der Waals surface area (Å²) >= 11 is 0. The molecule has 0 saturated carbocycles. The van der Waals surface area contributed by atoms with Crippen LogP contribution in [-0.2, 0) is 4.79 Å². The molecule has 0 spiro atoms. The largest absolute Gasteiger partial charge is 0.329 e. The molecule has 1 aromatic rings. The van der Waals surface area contributed by atoms with Crippen LogP contribution in [-0.4, -0.2) is 61.5 Å². The van der Waals surface area contributed by atoms with Gasteiger partial charge < -0.3 is 16.0 Å². The van der Waals surface area contributed by atoms with Gasteiger partial charge in [-0.05, 0) is 31.7 Å². The van der Waals surface area contributed by atoms with Crippen LogP contribution in [0.1, 0.15) is 5.56 Å². The van der Waals surface area contributed by atoms with Crippen LogP contribution in [0.4, 0.5) is 10.1 Å². The highest BCUT2D eigenvalue weighted by molar-refractivity contribution is 5.93. The number of carbonyl (C=O) groups is 1. The normalized spacial score (nSPS) is 20.5. The van der Waals surface area contributed by atoms with Crippen molar-refractivity contribution in [2.45, 2.75) is 13.0 Å². The van der Waals surface area contributed by atoms with Gasteiger partial charge in [0.25, 0.3) is 0 Å². The van der Waals surface area contributed by atoms with Crippen LogP contribution in [0.3, 0.4) is 0 Å². The topological polar surface area (TPSA) is 61.6 Å². The molecule has 21 heavy (non-hydrogen) atoms. The average Bonchev–Trinajstić information content (AvgIpc) is 2.44. The number of piperazine rings is 1. The summed E-state index contributed by atoms with van der Waals surface area (Å²) in [7, 11) is 2.05. The number of hydrogen-bond acceptors (Lipinski definition) is 4. The molecule has 0 radical (unpaired) electrons. The van der Waals surface area contributed by atoms with E-state index in [4.69, 9.17) is 5.73 Å². The Morgan fingerprint density at radius 2 is 2.24 bits per heavy atom. The van der Waals surface area contributed by atoms with Crippen LogP contribution in [0, 0.1) is 12.7 Å². The fourth-order valence-corrected chi connectivity index (χ4v) is 2.58. The number of nitrogens with zero attached hydrogens (tertiary/aromatic N) is 2. The zero-order valence-corrected chi connectivity index (χ0v) is 12.6. The number of rotatable bonds is 4. The third-order valence-electron chi connectivity index (χ3n) is 3.90. The van der Waals surface area contributed by atoms with Gasteiger partial charge in [-0.1, -0.05) is 6.07 Å². The zero-order chi connectivity index (χ0) is 15.4. The van der Waals surface area contributed by atoms with E-state index in [1.54, 1.807) is 6.07 Å². The SMILES string of the molecule is Cc1ccc(F)cc1NC(=O)CN1CCN(C)CC1CN. The van der Waals surface area contributed by atoms with Crippen molar-refractivity contribution >= 4 is 11.6 Å². The predicted molar refractivity (Wildman–Crippen MR) is 81.7 cm³/mol. The van der Waals surface area contributed by atoms with Crippen LogP contribution in [0.25, 0.3) is 0 Å². The Hall–Kier alpha value is -1.50. The first-order chi connectivity index (χ1) is 9.99. The van der Waals surface area contributed by atoms with E-state index in [9.17, 15) is 9.18 Å². The molecular weight excluding hydrogens is 271 g/mol. The minimum atomic E-state index is -0.352. The van der Waals surface area contributed by atoms with Crippen LogP contribution in [0.5, 0.6) is 0 Å². The molecular formula is C15H23FN4O. The molecule has 0 aliphatic carbocycles. The van der Waals surface area contributed by atoms with Gasteiger partial charge >= 0.3 is 0 Å². The number of likely N-dealkylation sites (N-methyl/N-ethyl adjacent to an activating group) is 1. The highest BCUT2D eigenvalue weighted by Crippen LogP contribution is 2.16. The molecule has 1 aromatic carbocycles. The molecule has 1 heterocycles. The first kappa shape index (κ1) is 15.9. The van der Waals surface area contributed by atoms with Crippen molar-refractivity contribution in [2.75, 3.05) is 45.1 Å². The predicted octanol–water partition coefficient (Wildman–Crippen LogP) is 0.647. The Morgan fingerprint density at radius 1 is 1.48 bits per heavy atom. The summed E-state index contributed by atoms with van der Waals surface area (Å²) < 4.78 is 13.2. The van der Waals surface area contributed by atoms with Crippen LogP contribution < -0.4 is 11.1 Å². The maximum atomic E-state index is 13.2. The lowest BCUT2D eigenvalue weighted by molar-refractivity contribution is -0.118. The van der Waals surface area contributed by atoms with E-state index in [-0.39, 0.29) is 24.3 Å². The summed E-state index contributed by atoms with van der Waals surface area (Å²) in [5, 5.41) is 2.78. The van der Waals surface area contributed by atoms with Crippen molar-refractivity contribution in [3.8, 4) is 0 Å². The van der Waals surface area contributed by atoms with Crippen LogP contribution in [0.15, 0.2) is 18.2 Å². The molecule has 0 bridgehead atoms. The van der Waals surface area contributed by atoms with E-state index < -0.39 is 0 Å². The lowest BCUT2D eigenvalue weighted by atomic mass is 10.1. The Kier molecular flexibility index (Phi) is 5.27. The lowest BCUT2D eigenvalue weighted by Gasteiger charge is -2.39. The molecule has 2 rings (SSSR count). The second-order valence-electron chi connectivity index (χ2n) is 5.63. The fraction of sp³-hybridized carbons (Fsp3) is 0.533. The lowest BCUT2D eigenvalue weighted by Crippen LogP contribution is -2.56. The van der Waals surface area contributed by atoms with Gasteiger partial charge in [-0.2, -0.15) is 0 Å². The van der Waals surface area contributed by atoms with Gasteiger partial charge in [0.2, 0.25) is 5.91 Å². The van der Waals surface area contributed by atoms with Crippen molar-refractivity contribution in [3.05, 3.63) is 29.6 Å². The number of anilines is 1. The van der Waals surface area contributed by atoms with Crippen molar-refractivity contribution in [3.63, 3.8) is 0 Å². The van der Waals surface area contributed by atoms with E-state index in [1.165, 1.54) is 12.1 Å². The minimum absolute atomic E-state index is 0.133. The van der Waals surface area contributed by atoms with E-state index in [2.05, 4.69) is 22.2 Å². The van der Waals surface area contributed by atoms with Gasteiger partial charge in [0.05, 0.1) is 6.54 Å². The molecule has 1 amide bonds. The third kappa shape index (κ3) is 4.23. The molecule has 116 valence electrons. The van der Waals surface area contributed by atoms with Gasteiger partial charge in [-0.3, -0.25) is 9.69 Å². The smallest absolute Gasteiger partial charge is 0.238 e. The van der Waals surface area contributed by atoms with E-state index in [0.29, 0.717) is 12.2 Å². The quantitative estimate of drug-likeness (QED) is 0.856. The van der Waals surface area contributed by atoms with E-state index >= 15 is 0 Å².